The monoisotopic (exact) mass is 232 g/mol. The minimum atomic E-state index is -0.454. The van der Waals surface area contributed by atoms with Crippen LogP contribution in [0.1, 0.15) is 5.56 Å². The molecule has 2 rings (SSSR count). The quantitative estimate of drug-likeness (QED) is 0.578. The van der Waals surface area contributed by atoms with Crippen LogP contribution in [0, 0.1) is 0 Å². The smallest absolute Gasteiger partial charge is 0.356 e. The summed E-state index contributed by atoms with van der Waals surface area (Å²) < 4.78 is 4.67. The number of hydrazine groups is 1. The lowest BCUT2D eigenvalue weighted by atomic mass is 10.1. The number of cyclic esters (lactones) is 1. The van der Waals surface area contributed by atoms with Gasteiger partial charge in [-0.25, -0.2) is 4.79 Å². The van der Waals surface area contributed by atoms with Gasteiger partial charge >= 0.3 is 5.97 Å². The largest absolute Gasteiger partial charge is 0.457 e. The molecular formula is C12H12N2O3. The summed E-state index contributed by atoms with van der Waals surface area (Å²) in [4.78, 5) is 22.6. The highest BCUT2D eigenvalue weighted by Gasteiger charge is 2.16. The summed E-state index contributed by atoms with van der Waals surface area (Å²) in [7, 11) is 0. The van der Waals surface area contributed by atoms with Gasteiger partial charge in [-0.2, -0.15) is 0 Å². The van der Waals surface area contributed by atoms with Crippen LogP contribution >= 0.6 is 0 Å². The van der Waals surface area contributed by atoms with E-state index < -0.39 is 5.97 Å². The molecule has 5 heteroatoms. The summed E-state index contributed by atoms with van der Waals surface area (Å²) in [6, 6.07) is 9.35. The fraction of sp³-hybridized carbons (Fsp3) is 0.167. The zero-order chi connectivity index (χ0) is 12.1. The molecule has 0 bridgehead atoms. The Balaban J connectivity index is 1.80. The molecule has 0 aromatic heterocycles. The van der Waals surface area contributed by atoms with E-state index in [1.54, 1.807) is 6.08 Å². The van der Waals surface area contributed by atoms with Crippen LogP contribution in [-0.2, 0) is 20.7 Å². The summed E-state index contributed by atoms with van der Waals surface area (Å²) >= 11 is 0. The molecule has 0 unspecified atom stereocenters. The zero-order valence-corrected chi connectivity index (χ0v) is 9.10. The van der Waals surface area contributed by atoms with Crippen LogP contribution in [0.2, 0.25) is 0 Å². The summed E-state index contributed by atoms with van der Waals surface area (Å²) in [5.74, 6) is -0.665. The van der Waals surface area contributed by atoms with Gasteiger partial charge in [0.25, 0.3) is 0 Å². The molecule has 1 aromatic rings. The summed E-state index contributed by atoms with van der Waals surface area (Å²) in [5.41, 5.74) is 6.17. The third kappa shape index (κ3) is 3.07. The number of carbonyl (C=O) groups excluding carboxylic acids is 2. The summed E-state index contributed by atoms with van der Waals surface area (Å²) in [5, 5.41) is 0. The maximum absolute atomic E-state index is 11.5. The Hall–Kier alpha value is -2.30. The Labute approximate surface area is 98.4 Å². The molecule has 88 valence electrons. The van der Waals surface area contributed by atoms with E-state index in [0.717, 1.165) is 5.56 Å². The first-order valence-electron chi connectivity index (χ1n) is 5.22. The number of nitrogens with one attached hydrogen (secondary N) is 2. The molecule has 0 atom stereocenters. The fourth-order valence-corrected chi connectivity index (χ4v) is 1.43. The van der Waals surface area contributed by atoms with Crippen molar-refractivity contribution < 1.29 is 14.3 Å². The van der Waals surface area contributed by atoms with Crippen molar-refractivity contribution in [3.63, 3.8) is 0 Å². The van der Waals surface area contributed by atoms with Gasteiger partial charge in [0.05, 0.1) is 6.42 Å². The topological polar surface area (TPSA) is 67.4 Å². The van der Waals surface area contributed by atoms with Gasteiger partial charge in [0.2, 0.25) is 5.91 Å². The van der Waals surface area contributed by atoms with Crippen molar-refractivity contribution in [3.8, 4) is 0 Å². The predicted molar refractivity (Wildman–Crippen MR) is 60.5 cm³/mol. The average Bonchev–Trinajstić information content (AvgIpc) is 2.74. The Morgan fingerprint density at radius 1 is 1.29 bits per heavy atom. The molecule has 0 fully saturated rings. The minimum absolute atomic E-state index is 0.211. The number of ether oxygens (including phenoxy) is 1. The first-order chi connectivity index (χ1) is 8.25. The highest BCUT2D eigenvalue weighted by molar-refractivity contribution is 5.90. The van der Waals surface area contributed by atoms with E-state index >= 15 is 0 Å². The number of esters is 1. The van der Waals surface area contributed by atoms with Gasteiger partial charge < -0.3 is 4.74 Å². The molecule has 1 amide bonds. The molecule has 1 aromatic carbocycles. The molecular weight excluding hydrogens is 220 g/mol. The molecule has 17 heavy (non-hydrogen) atoms. The summed E-state index contributed by atoms with van der Waals surface area (Å²) in [6.07, 6.45) is 1.83. The SMILES string of the molecule is O=C(Cc1ccccc1)NNC1=CCOC1=O. The highest BCUT2D eigenvalue weighted by atomic mass is 16.5. The van der Waals surface area contributed by atoms with Crippen molar-refractivity contribution in [2.75, 3.05) is 6.61 Å². The van der Waals surface area contributed by atoms with Gasteiger partial charge in [0.1, 0.15) is 12.3 Å². The molecule has 0 spiro atoms. The first-order valence-corrected chi connectivity index (χ1v) is 5.22. The highest BCUT2D eigenvalue weighted by Crippen LogP contribution is 2.02. The lowest BCUT2D eigenvalue weighted by Crippen LogP contribution is -2.39. The lowest BCUT2D eigenvalue weighted by Gasteiger charge is -2.07. The van der Waals surface area contributed by atoms with Gasteiger partial charge in [-0.1, -0.05) is 30.3 Å². The second-order valence-electron chi connectivity index (χ2n) is 3.55. The number of benzene rings is 1. The Bertz CT molecular complexity index is 454. The van der Waals surface area contributed by atoms with Gasteiger partial charge in [-0.3, -0.25) is 15.6 Å². The van der Waals surface area contributed by atoms with Crippen LogP contribution in [0.4, 0.5) is 0 Å². The minimum Gasteiger partial charge on any atom is -0.457 e. The van der Waals surface area contributed by atoms with Crippen molar-refractivity contribution in [3.05, 3.63) is 47.7 Å². The standard InChI is InChI=1S/C12H12N2O3/c15-11(8-9-4-2-1-3-5-9)14-13-10-6-7-17-12(10)16/h1-6,13H,7-8H2,(H,14,15). The number of rotatable bonds is 4. The van der Waals surface area contributed by atoms with Crippen LogP contribution in [0.5, 0.6) is 0 Å². The second kappa shape index (κ2) is 5.16. The van der Waals surface area contributed by atoms with Crippen molar-refractivity contribution in [1.82, 2.24) is 10.9 Å². The van der Waals surface area contributed by atoms with Crippen LogP contribution in [0.3, 0.4) is 0 Å². The molecule has 0 saturated carbocycles. The first kappa shape index (κ1) is 11.2. The van der Waals surface area contributed by atoms with E-state index in [1.165, 1.54) is 0 Å². The molecule has 0 saturated heterocycles. The van der Waals surface area contributed by atoms with Crippen LogP contribution in [-0.4, -0.2) is 18.5 Å². The van der Waals surface area contributed by atoms with Crippen LogP contribution < -0.4 is 10.9 Å². The zero-order valence-electron chi connectivity index (χ0n) is 9.10. The lowest BCUT2D eigenvalue weighted by molar-refractivity contribution is -0.136. The molecule has 1 aliphatic rings. The van der Waals surface area contributed by atoms with E-state index in [0.29, 0.717) is 0 Å². The average molecular weight is 232 g/mol. The number of carbonyl (C=O) groups is 2. The second-order valence-corrected chi connectivity index (χ2v) is 3.55. The predicted octanol–water partition coefficient (Wildman–Crippen LogP) is 0.291. The van der Waals surface area contributed by atoms with Crippen molar-refractivity contribution in [2.45, 2.75) is 6.42 Å². The third-order valence-electron chi connectivity index (χ3n) is 2.27. The van der Waals surface area contributed by atoms with Crippen LogP contribution in [0.25, 0.3) is 0 Å². The van der Waals surface area contributed by atoms with Crippen molar-refractivity contribution in [2.24, 2.45) is 0 Å². The van der Waals surface area contributed by atoms with E-state index in [9.17, 15) is 9.59 Å². The molecule has 0 aliphatic carbocycles. The third-order valence-corrected chi connectivity index (χ3v) is 2.27. The maximum atomic E-state index is 11.5. The van der Waals surface area contributed by atoms with Crippen molar-refractivity contribution >= 4 is 11.9 Å². The van der Waals surface area contributed by atoms with E-state index in [4.69, 9.17) is 0 Å². The normalized spacial score (nSPS) is 13.9. The van der Waals surface area contributed by atoms with E-state index in [-0.39, 0.29) is 24.6 Å². The van der Waals surface area contributed by atoms with Gasteiger partial charge in [-0.05, 0) is 11.6 Å². The van der Waals surface area contributed by atoms with Crippen LogP contribution in [0.15, 0.2) is 42.1 Å². The van der Waals surface area contributed by atoms with E-state index in [2.05, 4.69) is 15.6 Å². The fourth-order valence-electron chi connectivity index (χ4n) is 1.43. The molecule has 0 radical (unpaired) electrons. The summed E-state index contributed by atoms with van der Waals surface area (Å²) in [6.45, 7) is 0.246. The van der Waals surface area contributed by atoms with E-state index in [1.807, 2.05) is 30.3 Å². The Morgan fingerprint density at radius 2 is 2.06 bits per heavy atom. The van der Waals surface area contributed by atoms with Crippen molar-refractivity contribution in [1.29, 1.82) is 0 Å². The maximum Gasteiger partial charge on any atom is 0.356 e. The molecule has 2 N–H and O–H groups in total. The van der Waals surface area contributed by atoms with Gasteiger partial charge in [-0.15, -0.1) is 0 Å². The van der Waals surface area contributed by atoms with Gasteiger partial charge in [0.15, 0.2) is 0 Å². The molecule has 1 heterocycles. The number of amides is 1. The Morgan fingerprint density at radius 3 is 2.71 bits per heavy atom. The Kier molecular flexibility index (Phi) is 3.40. The molecule has 5 nitrogen and oxygen atoms in total. The number of hydrogen-bond acceptors (Lipinski definition) is 4. The van der Waals surface area contributed by atoms with Gasteiger partial charge in [0, 0.05) is 0 Å². The molecule has 1 aliphatic heterocycles. The number of hydrogen-bond donors (Lipinski definition) is 2.